The second kappa shape index (κ2) is 7.61. The Kier molecular flexibility index (Phi) is 5.98. The highest BCUT2D eigenvalue weighted by Crippen LogP contribution is 2.31. The van der Waals surface area contributed by atoms with E-state index in [4.69, 9.17) is 0 Å². The van der Waals surface area contributed by atoms with Crippen LogP contribution in [0.1, 0.15) is 36.7 Å². The first-order valence-corrected chi connectivity index (χ1v) is 8.82. The molecule has 0 radical (unpaired) electrons. The quantitative estimate of drug-likeness (QED) is 0.427. The Morgan fingerprint density at radius 2 is 1.62 bits per heavy atom. The van der Waals surface area contributed by atoms with Gasteiger partial charge in [-0.05, 0) is 23.8 Å². The molecule has 0 aliphatic carbocycles. The Bertz CT molecular complexity index is 755. The van der Waals surface area contributed by atoms with Crippen LogP contribution in [0.4, 0.5) is 13.2 Å². The zero-order valence-corrected chi connectivity index (χ0v) is 15.3. The predicted molar refractivity (Wildman–Crippen MR) is 92.0 cm³/mol. The molecule has 0 heterocycles. The van der Waals surface area contributed by atoms with E-state index in [1.165, 1.54) is 0 Å². The lowest BCUT2D eigenvalue weighted by atomic mass is 9.99. The normalized spacial score (nSPS) is 12.7. The summed E-state index contributed by atoms with van der Waals surface area (Å²) in [6.07, 6.45) is -4.44. The van der Waals surface area contributed by atoms with E-state index in [-0.39, 0.29) is 22.5 Å². The molecule has 24 heavy (non-hydrogen) atoms. The minimum absolute atomic E-state index is 0.126. The molecule has 0 aromatic heterocycles. The molecule has 2 aromatic rings. The predicted octanol–water partition coefficient (Wildman–Crippen LogP) is 5.60. The van der Waals surface area contributed by atoms with Gasteiger partial charge in [-0.25, -0.2) is 0 Å². The van der Waals surface area contributed by atoms with Crippen molar-refractivity contribution in [1.82, 2.24) is 0 Å². The summed E-state index contributed by atoms with van der Waals surface area (Å²) in [6, 6.07) is 10.6. The smallest absolute Gasteiger partial charge is 0.293 e. The molecule has 2 nitrogen and oxygen atoms in total. The van der Waals surface area contributed by atoms with Gasteiger partial charge in [0.05, 0.1) is 10.9 Å². The molecule has 2 aromatic carbocycles. The summed E-state index contributed by atoms with van der Waals surface area (Å²) in [6.45, 7) is 0. The molecule has 0 saturated carbocycles. The van der Waals surface area contributed by atoms with Crippen molar-refractivity contribution >= 4 is 43.4 Å². The number of hydrogen-bond acceptors (Lipinski definition) is 2. The number of carbonyl (C=O) groups is 2. The molecule has 126 valence electrons. The van der Waals surface area contributed by atoms with Gasteiger partial charge in [-0.3, -0.25) is 9.59 Å². The van der Waals surface area contributed by atoms with Gasteiger partial charge < -0.3 is 0 Å². The monoisotopic (exact) mass is 462 g/mol. The Hall–Kier alpha value is -1.47. The topological polar surface area (TPSA) is 34.1 Å². The Labute approximate surface area is 153 Å². The van der Waals surface area contributed by atoms with E-state index in [1.807, 2.05) is 0 Å². The number of rotatable bonds is 5. The third-order valence-corrected chi connectivity index (χ3v) is 4.80. The number of alkyl halides is 5. The van der Waals surface area contributed by atoms with Gasteiger partial charge in [-0.15, -0.1) is 0 Å². The van der Waals surface area contributed by atoms with E-state index in [2.05, 4.69) is 31.9 Å². The molecule has 1 unspecified atom stereocenters. The van der Waals surface area contributed by atoms with Crippen molar-refractivity contribution in [1.29, 1.82) is 0 Å². The Morgan fingerprint density at radius 3 is 2.17 bits per heavy atom. The maximum absolute atomic E-state index is 12.6. The van der Waals surface area contributed by atoms with Crippen LogP contribution in [-0.2, 0) is 6.18 Å². The number of hydrogen-bond donors (Lipinski definition) is 0. The number of ketones is 2. The molecule has 0 bridgehead atoms. The molecule has 0 aliphatic heterocycles. The molecule has 0 N–H and O–H groups in total. The summed E-state index contributed by atoms with van der Waals surface area (Å²) in [5.74, 6) is -0.509. The Morgan fingerprint density at radius 1 is 1.00 bits per heavy atom. The van der Waals surface area contributed by atoms with Crippen molar-refractivity contribution in [3.8, 4) is 0 Å². The van der Waals surface area contributed by atoms with Crippen molar-refractivity contribution in [3.05, 3.63) is 70.8 Å². The first kappa shape index (κ1) is 18.9. The molecule has 7 heteroatoms. The van der Waals surface area contributed by atoms with Crippen LogP contribution in [0.2, 0.25) is 0 Å². The van der Waals surface area contributed by atoms with E-state index in [0.717, 1.165) is 24.3 Å². The lowest BCUT2D eigenvalue weighted by Gasteiger charge is -2.12. The molecule has 0 spiro atoms. The lowest BCUT2D eigenvalue weighted by Crippen LogP contribution is -2.10. The lowest BCUT2D eigenvalue weighted by molar-refractivity contribution is -0.137. The van der Waals surface area contributed by atoms with Crippen LogP contribution < -0.4 is 0 Å². The van der Waals surface area contributed by atoms with Crippen molar-refractivity contribution in [2.45, 2.75) is 11.0 Å². The zero-order chi connectivity index (χ0) is 17.9. The average Bonchev–Trinajstić information content (AvgIpc) is 2.59. The summed E-state index contributed by atoms with van der Waals surface area (Å²) in [5.41, 5.74) is 0.359. The zero-order valence-electron chi connectivity index (χ0n) is 12.1. The molecule has 0 aliphatic rings. The second-order valence-corrected chi connectivity index (χ2v) is 6.46. The van der Waals surface area contributed by atoms with E-state index < -0.39 is 16.6 Å². The van der Waals surface area contributed by atoms with E-state index >= 15 is 0 Å². The van der Waals surface area contributed by atoms with Crippen molar-refractivity contribution in [2.24, 2.45) is 0 Å². The van der Waals surface area contributed by atoms with Crippen molar-refractivity contribution < 1.29 is 22.8 Å². The number of carbonyl (C=O) groups excluding carboxylic acids is 2. The minimum Gasteiger partial charge on any atom is -0.293 e. The van der Waals surface area contributed by atoms with Gasteiger partial charge in [0.1, 0.15) is 4.83 Å². The first-order chi connectivity index (χ1) is 11.2. The number of benzene rings is 2. The van der Waals surface area contributed by atoms with Crippen LogP contribution >= 0.6 is 31.9 Å². The molecule has 1 atom stereocenters. The highest BCUT2D eigenvalue weighted by Gasteiger charge is 2.30. The van der Waals surface area contributed by atoms with Gasteiger partial charge in [0.25, 0.3) is 0 Å². The second-order valence-electron chi connectivity index (χ2n) is 4.98. The molecular weight excluding hydrogens is 453 g/mol. The Balaban J connectivity index is 2.25. The largest absolute Gasteiger partial charge is 0.416 e. The summed E-state index contributed by atoms with van der Waals surface area (Å²) >= 11 is 6.34. The summed E-state index contributed by atoms with van der Waals surface area (Å²) in [4.78, 5) is 23.4. The van der Waals surface area contributed by atoms with Gasteiger partial charge in [-0.2, -0.15) is 13.2 Å². The molecule has 0 amide bonds. The van der Waals surface area contributed by atoms with Crippen LogP contribution in [0.3, 0.4) is 0 Å². The van der Waals surface area contributed by atoms with E-state index in [1.54, 1.807) is 24.3 Å². The van der Waals surface area contributed by atoms with Gasteiger partial charge in [0.2, 0.25) is 0 Å². The van der Waals surface area contributed by atoms with Crippen LogP contribution in [0, 0.1) is 0 Å². The maximum Gasteiger partial charge on any atom is 0.416 e. The highest BCUT2D eigenvalue weighted by atomic mass is 79.9. The van der Waals surface area contributed by atoms with Crippen LogP contribution in [0.5, 0.6) is 0 Å². The van der Waals surface area contributed by atoms with Gasteiger partial charge >= 0.3 is 6.18 Å². The fourth-order valence-corrected chi connectivity index (χ4v) is 2.94. The van der Waals surface area contributed by atoms with Gasteiger partial charge in [0.15, 0.2) is 11.6 Å². The molecular formula is C17H11Br2F3O2. The highest BCUT2D eigenvalue weighted by molar-refractivity contribution is 9.09. The summed E-state index contributed by atoms with van der Waals surface area (Å²) in [5, 5.41) is 0.163. The molecule has 0 saturated heterocycles. The molecule has 2 rings (SSSR count). The van der Waals surface area contributed by atoms with Crippen LogP contribution in [-0.4, -0.2) is 16.9 Å². The average molecular weight is 464 g/mol. The van der Waals surface area contributed by atoms with Gasteiger partial charge in [0, 0.05) is 11.1 Å². The van der Waals surface area contributed by atoms with Crippen LogP contribution in [0.15, 0.2) is 48.5 Å². The van der Waals surface area contributed by atoms with Crippen molar-refractivity contribution in [3.63, 3.8) is 0 Å². The number of Topliss-reactive ketones (excluding diaryl/α,β-unsaturated/α-hetero) is 2. The van der Waals surface area contributed by atoms with E-state index in [9.17, 15) is 22.8 Å². The summed E-state index contributed by atoms with van der Waals surface area (Å²) in [7, 11) is 0. The fraction of sp³-hybridized carbons (Fsp3) is 0.176. The van der Waals surface area contributed by atoms with Crippen molar-refractivity contribution in [2.75, 3.05) is 5.33 Å². The fourth-order valence-electron chi connectivity index (χ4n) is 2.07. The third-order valence-electron chi connectivity index (χ3n) is 3.35. The van der Waals surface area contributed by atoms with E-state index in [0.29, 0.717) is 11.1 Å². The van der Waals surface area contributed by atoms with Gasteiger partial charge in [-0.1, -0.05) is 62.2 Å². The minimum atomic E-state index is -4.44. The number of halogens is 5. The standard InChI is InChI=1S/C17H11Br2F3O2/c18-9-14(23)11-2-1-3-12(8-11)15(19)16(24)10-4-6-13(7-5-10)17(20,21)22/h1-8,15H,9H2. The maximum atomic E-state index is 12.6. The SMILES string of the molecule is O=C(CBr)c1cccc(C(Br)C(=O)c2ccc(C(F)(F)F)cc2)c1. The first-order valence-electron chi connectivity index (χ1n) is 6.78. The summed E-state index contributed by atoms with van der Waals surface area (Å²) < 4.78 is 37.7. The third kappa shape index (κ3) is 4.33. The van der Waals surface area contributed by atoms with Crippen LogP contribution in [0.25, 0.3) is 0 Å². The molecule has 0 fully saturated rings.